The van der Waals surface area contributed by atoms with Crippen LogP contribution in [0, 0.1) is 44.2 Å². The van der Waals surface area contributed by atoms with E-state index in [0.29, 0.717) is 16.7 Å². The van der Waals surface area contributed by atoms with Gasteiger partial charge in [-0.3, -0.25) is 15.0 Å². The summed E-state index contributed by atoms with van der Waals surface area (Å²) in [4.78, 5) is 19.7. The normalized spacial score (nSPS) is 9.25. The number of hydrogen-bond acceptors (Lipinski definition) is 5. The molecule has 3 aromatic heterocycles. The van der Waals surface area contributed by atoms with E-state index in [1.165, 1.54) is 17.1 Å². The molecule has 0 bridgehead atoms. The third kappa shape index (κ3) is 6.78. The summed E-state index contributed by atoms with van der Waals surface area (Å²) in [7, 11) is 0. The molecule has 32 heavy (non-hydrogen) atoms. The van der Waals surface area contributed by atoms with E-state index in [1.54, 1.807) is 0 Å². The number of rotatable bonds is 1. The van der Waals surface area contributed by atoms with Crippen LogP contribution in [0.3, 0.4) is 0 Å². The van der Waals surface area contributed by atoms with E-state index >= 15 is 0 Å². The number of hydrogen-bond donors (Lipinski definition) is 1. The van der Waals surface area contributed by atoms with Crippen LogP contribution in [0.5, 0.6) is 0 Å². The number of aromatic amines is 1. The fourth-order valence-corrected chi connectivity index (χ4v) is 2.56. The van der Waals surface area contributed by atoms with Crippen LogP contribution < -0.4 is 5.56 Å². The molecule has 5 rings (SSSR count). The molecular weight excluding hydrogens is 626 g/mol. The Hall–Kier alpha value is -2.95. The van der Waals surface area contributed by atoms with Gasteiger partial charge in [0.15, 0.2) is 0 Å². The van der Waals surface area contributed by atoms with Gasteiger partial charge in [0, 0.05) is 17.9 Å². The van der Waals surface area contributed by atoms with Gasteiger partial charge in [-0.05, 0) is 29.4 Å². The van der Waals surface area contributed by atoms with Crippen LogP contribution >= 0.6 is 0 Å². The molecule has 0 aliphatic heterocycles. The minimum atomic E-state index is -0.202. The molecule has 0 saturated heterocycles. The van der Waals surface area contributed by atoms with Gasteiger partial charge in [-0.15, -0.1) is 17.5 Å². The number of para-hydroxylation sites is 2. The van der Waals surface area contributed by atoms with Gasteiger partial charge in [-0.25, -0.2) is 16.7 Å². The Morgan fingerprint density at radius 3 is 2.31 bits per heavy atom. The summed E-state index contributed by atoms with van der Waals surface area (Å²) >= 11 is 0. The van der Waals surface area contributed by atoms with E-state index in [2.05, 4.69) is 38.4 Å². The molecule has 0 atom stereocenters. The first-order chi connectivity index (χ1) is 15.2. The molecule has 0 aliphatic rings. The summed E-state index contributed by atoms with van der Waals surface area (Å²) in [5.74, 6) is 0. The summed E-state index contributed by atoms with van der Waals surface area (Å²) in [5.41, 5.74) is 3.20. The predicted octanol–water partition coefficient (Wildman–Crippen LogP) is 4.77. The van der Waals surface area contributed by atoms with Gasteiger partial charge in [0.1, 0.15) is 0 Å². The van der Waals surface area contributed by atoms with Crippen LogP contribution in [-0.2, 0) is 0 Å². The molecule has 8 heteroatoms. The molecule has 7 nitrogen and oxygen atoms in total. The molecule has 0 radical (unpaired) electrons. The van der Waals surface area contributed by atoms with Gasteiger partial charge in [0.2, 0.25) is 0 Å². The molecule has 0 amide bonds. The van der Waals surface area contributed by atoms with Crippen LogP contribution in [0.2, 0.25) is 0 Å². The Bertz CT molecular complexity index is 1200. The van der Waals surface area contributed by atoms with Crippen LogP contribution in [0.4, 0.5) is 0 Å². The number of nitrogens with zero attached hydrogens (tertiary/aromatic N) is 5. The van der Waals surface area contributed by atoms with Crippen molar-refractivity contribution >= 4 is 21.9 Å². The largest absolute Gasteiger partial charge is 2.00 e. The molecular formula is C24H26N6OU. The van der Waals surface area contributed by atoms with Gasteiger partial charge < -0.3 is 9.97 Å². The minimum Gasteiger partial charge on any atom is -0.341 e. The molecule has 0 unspecified atom stereocenters. The van der Waals surface area contributed by atoms with Crippen molar-refractivity contribution in [1.82, 2.24) is 29.9 Å². The first kappa shape index (κ1) is 27.1. The maximum absolute atomic E-state index is 11.9. The second-order valence-corrected chi connectivity index (χ2v) is 5.67. The van der Waals surface area contributed by atoms with Crippen molar-refractivity contribution < 1.29 is 31.1 Å². The third-order valence-corrected chi connectivity index (χ3v) is 3.86. The van der Waals surface area contributed by atoms with Crippen molar-refractivity contribution in [3.63, 3.8) is 0 Å². The summed E-state index contributed by atoms with van der Waals surface area (Å²) in [6, 6.07) is 18.5. The Labute approximate surface area is 211 Å². The zero-order valence-corrected chi connectivity index (χ0v) is 22.9. The second-order valence-electron chi connectivity index (χ2n) is 5.67. The number of aromatic nitrogens is 6. The van der Waals surface area contributed by atoms with Gasteiger partial charge in [0.05, 0.1) is 5.69 Å². The van der Waals surface area contributed by atoms with Crippen LogP contribution in [0.25, 0.3) is 27.6 Å². The van der Waals surface area contributed by atoms with Crippen LogP contribution in [0.1, 0.15) is 33.4 Å². The van der Waals surface area contributed by atoms with E-state index in [4.69, 9.17) is 0 Å². The second kappa shape index (κ2) is 14.2. The Kier molecular flexibility index (Phi) is 12.0. The zero-order valence-electron chi connectivity index (χ0n) is 18.7. The van der Waals surface area contributed by atoms with E-state index in [1.807, 2.05) is 82.3 Å². The first-order valence-electron chi connectivity index (χ1n) is 10.2. The van der Waals surface area contributed by atoms with Crippen LogP contribution in [0.15, 0.2) is 71.8 Å². The third-order valence-electron chi connectivity index (χ3n) is 3.86. The van der Waals surface area contributed by atoms with Crippen molar-refractivity contribution in [3.8, 4) is 5.69 Å². The maximum Gasteiger partial charge on any atom is 2.00 e. The quantitative estimate of drug-likeness (QED) is 0.264. The zero-order chi connectivity index (χ0) is 22.6. The van der Waals surface area contributed by atoms with E-state index in [-0.39, 0.29) is 36.7 Å². The maximum atomic E-state index is 11.9. The standard InChI is InChI=1S/C12H9N4O.C8H5N2.2C2H6.U/c1-8-12-10(14-13-8)7-11(17)16(15-12)9-5-3-2-4-6-9;1-2-4-8-7(3-1)5-9-6-10-8;2*1-2;/h2-7,14H,1H2;1-4,6H;2*1-2H3;/q2*-1;;;+2. The monoisotopic (exact) mass is 652 g/mol. The van der Waals surface area contributed by atoms with Gasteiger partial charge in [-0.2, -0.15) is 0 Å². The molecule has 5 aromatic rings. The summed E-state index contributed by atoms with van der Waals surface area (Å²) < 4.78 is 1.34. The average molecular weight is 653 g/mol. The Balaban J connectivity index is 0.000000293. The van der Waals surface area contributed by atoms with Crippen molar-refractivity contribution in [2.24, 2.45) is 0 Å². The van der Waals surface area contributed by atoms with Crippen molar-refractivity contribution in [2.45, 2.75) is 27.7 Å². The van der Waals surface area contributed by atoms with E-state index < -0.39 is 0 Å². The van der Waals surface area contributed by atoms with Gasteiger partial charge in [0.25, 0.3) is 5.56 Å². The van der Waals surface area contributed by atoms with E-state index in [0.717, 1.165) is 16.6 Å². The van der Waals surface area contributed by atoms with Crippen LogP contribution in [-0.4, -0.2) is 29.9 Å². The smallest absolute Gasteiger partial charge is 0.341 e. The van der Waals surface area contributed by atoms with E-state index in [9.17, 15) is 4.79 Å². The molecule has 162 valence electrons. The van der Waals surface area contributed by atoms with Crippen molar-refractivity contribution in [3.05, 3.63) is 96.2 Å². The molecule has 0 aliphatic carbocycles. The summed E-state index contributed by atoms with van der Waals surface area (Å²) in [5, 5.41) is 11.9. The average Bonchev–Trinajstić information content (AvgIpc) is 3.21. The van der Waals surface area contributed by atoms with Crippen molar-refractivity contribution in [2.75, 3.05) is 0 Å². The molecule has 0 spiro atoms. The minimum absolute atomic E-state index is 0. The Morgan fingerprint density at radius 2 is 1.62 bits per heavy atom. The fourth-order valence-electron chi connectivity index (χ4n) is 2.56. The first-order valence-corrected chi connectivity index (χ1v) is 10.2. The SMILES string of the molecule is CC.CC.[CH2-]c1n[nH]c2cc(=O)n(-c3ccccc3)nc12.[U+2].[c-]1ncnc2ccccc12. The molecule has 0 saturated carbocycles. The molecule has 2 aromatic carbocycles. The molecule has 0 fully saturated rings. The fraction of sp³-hybridized carbons (Fsp3) is 0.167. The summed E-state index contributed by atoms with van der Waals surface area (Å²) in [6.07, 6.45) is 4.34. The summed E-state index contributed by atoms with van der Waals surface area (Å²) in [6.45, 7) is 11.8. The number of nitrogens with one attached hydrogen (secondary N) is 1. The van der Waals surface area contributed by atoms with Gasteiger partial charge in [-0.1, -0.05) is 63.7 Å². The predicted molar refractivity (Wildman–Crippen MR) is 125 cm³/mol. The molecule has 1 N–H and O–H groups in total. The number of fused-ring (bicyclic) bond motifs is 2. The Morgan fingerprint density at radius 1 is 0.969 bits per heavy atom. The number of benzene rings is 2. The van der Waals surface area contributed by atoms with Gasteiger partial charge >= 0.3 is 31.1 Å². The number of H-pyrrole nitrogens is 1. The molecule has 3 heterocycles. The van der Waals surface area contributed by atoms with Crippen molar-refractivity contribution in [1.29, 1.82) is 0 Å². The topological polar surface area (TPSA) is 89.4 Å².